The van der Waals surface area contributed by atoms with Gasteiger partial charge in [0.05, 0.1) is 35.4 Å². The maximum absolute atomic E-state index is 11.6. The molecular formula is C13H13N5O2. The molecule has 0 spiro atoms. The molecule has 0 amide bonds. The van der Waals surface area contributed by atoms with E-state index in [0.29, 0.717) is 11.3 Å². The topological polar surface area (TPSA) is 95.9 Å². The molecule has 20 heavy (non-hydrogen) atoms. The van der Waals surface area contributed by atoms with Crippen molar-refractivity contribution in [3.05, 3.63) is 23.7 Å². The summed E-state index contributed by atoms with van der Waals surface area (Å²) in [5, 5.41) is 5.92. The molecule has 3 heterocycles. The lowest BCUT2D eigenvalue weighted by molar-refractivity contribution is 0.0594. The standard InChI is InChI=1S/C13H13N5O2/c1-6-10-11(18(2)17-6)7-4-8(13(19)20-3)15-5-9(7)16-12(10)14/h4-5H,1-3H3,(H2,14,16). The van der Waals surface area contributed by atoms with Gasteiger partial charge in [-0.2, -0.15) is 5.10 Å². The van der Waals surface area contributed by atoms with Crippen molar-refractivity contribution in [3.63, 3.8) is 0 Å². The fourth-order valence-corrected chi connectivity index (χ4v) is 2.40. The van der Waals surface area contributed by atoms with E-state index in [1.54, 1.807) is 10.7 Å². The number of aromatic nitrogens is 4. The monoisotopic (exact) mass is 271 g/mol. The Morgan fingerprint density at radius 1 is 1.45 bits per heavy atom. The van der Waals surface area contributed by atoms with Crippen molar-refractivity contribution in [1.82, 2.24) is 19.7 Å². The molecule has 0 aliphatic carbocycles. The third-order valence-corrected chi connectivity index (χ3v) is 3.25. The van der Waals surface area contributed by atoms with E-state index in [9.17, 15) is 4.79 Å². The molecule has 3 rings (SSSR count). The van der Waals surface area contributed by atoms with Crippen molar-refractivity contribution in [1.29, 1.82) is 0 Å². The molecule has 0 atom stereocenters. The van der Waals surface area contributed by atoms with E-state index in [0.717, 1.165) is 22.0 Å². The van der Waals surface area contributed by atoms with Gasteiger partial charge < -0.3 is 10.5 Å². The summed E-state index contributed by atoms with van der Waals surface area (Å²) < 4.78 is 6.42. The Balaban J connectivity index is 2.47. The number of aryl methyl sites for hydroxylation is 2. The summed E-state index contributed by atoms with van der Waals surface area (Å²) in [6.45, 7) is 1.87. The van der Waals surface area contributed by atoms with Crippen molar-refractivity contribution in [2.45, 2.75) is 6.92 Å². The minimum absolute atomic E-state index is 0.228. The van der Waals surface area contributed by atoms with Crippen molar-refractivity contribution in [2.24, 2.45) is 7.05 Å². The minimum Gasteiger partial charge on any atom is -0.464 e. The molecule has 0 saturated carbocycles. The highest BCUT2D eigenvalue weighted by atomic mass is 16.5. The number of rotatable bonds is 1. The van der Waals surface area contributed by atoms with Crippen LogP contribution in [0.25, 0.3) is 21.8 Å². The molecule has 0 aromatic carbocycles. The average molecular weight is 271 g/mol. The summed E-state index contributed by atoms with van der Waals surface area (Å²) in [7, 11) is 3.14. The van der Waals surface area contributed by atoms with Crippen molar-refractivity contribution in [3.8, 4) is 0 Å². The summed E-state index contributed by atoms with van der Waals surface area (Å²) >= 11 is 0. The van der Waals surface area contributed by atoms with Gasteiger partial charge in [-0.3, -0.25) is 4.68 Å². The van der Waals surface area contributed by atoms with Gasteiger partial charge in [0.25, 0.3) is 0 Å². The number of nitrogens with two attached hydrogens (primary N) is 1. The lowest BCUT2D eigenvalue weighted by Crippen LogP contribution is -2.05. The average Bonchev–Trinajstić information content (AvgIpc) is 2.74. The van der Waals surface area contributed by atoms with Gasteiger partial charge in [0.2, 0.25) is 0 Å². The van der Waals surface area contributed by atoms with Crippen LogP contribution in [0.5, 0.6) is 0 Å². The molecule has 0 saturated heterocycles. The van der Waals surface area contributed by atoms with E-state index in [4.69, 9.17) is 5.73 Å². The molecule has 3 aromatic rings. The Labute approximate surface area is 114 Å². The predicted octanol–water partition coefficient (Wildman–Crippen LogP) is 1.19. The highest BCUT2D eigenvalue weighted by molar-refractivity contribution is 6.09. The van der Waals surface area contributed by atoms with Gasteiger partial charge in [-0.1, -0.05) is 0 Å². The third kappa shape index (κ3) is 1.59. The molecule has 0 bridgehead atoms. The fourth-order valence-electron chi connectivity index (χ4n) is 2.40. The van der Waals surface area contributed by atoms with Crippen molar-refractivity contribution >= 4 is 33.6 Å². The first-order valence-electron chi connectivity index (χ1n) is 5.99. The normalized spacial score (nSPS) is 11.2. The summed E-state index contributed by atoms with van der Waals surface area (Å²) in [6, 6.07) is 1.65. The number of hydrogen-bond donors (Lipinski definition) is 1. The molecular weight excluding hydrogens is 258 g/mol. The highest BCUT2D eigenvalue weighted by Crippen LogP contribution is 2.29. The molecule has 2 N–H and O–H groups in total. The predicted molar refractivity (Wildman–Crippen MR) is 74.3 cm³/mol. The van der Waals surface area contributed by atoms with Crippen LogP contribution in [0, 0.1) is 6.92 Å². The Morgan fingerprint density at radius 3 is 2.90 bits per heavy atom. The van der Waals surface area contributed by atoms with Crippen molar-refractivity contribution in [2.75, 3.05) is 12.8 Å². The second-order valence-electron chi connectivity index (χ2n) is 4.51. The fraction of sp³-hybridized carbons (Fsp3) is 0.231. The van der Waals surface area contributed by atoms with E-state index >= 15 is 0 Å². The number of anilines is 1. The number of pyridine rings is 2. The quantitative estimate of drug-likeness (QED) is 0.668. The largest absolute Gasteiger partial charge is 0.464 e. The molecule has 7 heteroatoms. The maximum Gasteiger partial charge on any atom is 0.356 e. The number of hydrogen-bond acceptors (Lipinski definition) is 6. The number of methoxy groups -OCH3 is 1. The summed E-state index contributed by atoms with van der Waals surface area (Å²) in [6.07, 6.45) is 1.51. The zero-order chi connectivity index (χ0) is 14.4. The Kier molecular flexibility index (Phi) is 2.56. The molecule has 7 nitrogen and oxygen atoms in total. The molecule has 0 aliphatic rings. The van der Waals surface area contributed by atoms with Gasteiger partial charge >= 0.3 is 5.97 Å². The van der Waals surface area contributed by atoms with Crippen LogP contribution in [0.15, 0.2) is 12.3 Å². The summed E-state index contributed by atoms with van der Waals surface area (Å²) in [5.41, 5.74) is 8.45. The number of nitrogen functional groups attached to an aromatic ring is 1. The lowest BCUT2D eigenvalue weighted by atomic mass is 10.1. The van der Waals surface area contributed by atoms with Crippen LogP contribution in [-0.4, -0.2) is 32.8 Å². The van der Waals surface area contributed by atoms with Gasteiger partial charge in [-0.05, 0) is 13.0 Å². The third-order valence-electron chi connectivity index (χ3n) is 3.25. The zero-order valence-electron chi connectivity index (χ0n) is 11.3. The summed E-state index contributed by atoms with van der Waals surface area (Å²) in [4.78, 5) is 20.0. The van der Waals surface area contributed by atoms with Gasteiger partial charge in [0.15, 0.2) is 0 Å². The van der Waals surface area contributed by atoms with Crippen LogP contribution >= 0.6 is 0 Å². The number of carbonyl (C=O) groups is 1. The van der Waals surface area contributed by atoms with Crippen LogP contribution in [0.4, 0.5) is 5.82 Å². The SMILES string of the molecule is COC(=O)c1cc2c(cn1)nc(N)c1c(C)nn(C)c12. The smallest absolute Gasteiger partial charge is 0.356 e. The highest BCUT2D eigenvalue weighted by Gasteiger charge is 2.16. The van der Waals surface area contributed by atoms with E-state index in [2.05, 4.69) is 19.8 Å². The Morgan fingerprint density at radius 2 is 2.20 bits per heavy atom. The zero-order valence-corrected chi connectivity index (χ0v) is 11.3. The van der Waals surface area contributed by atoms with Crippen LogP contribution in [0.3, 0.4) is 0 Å². The summed E-state index contributed by atoms with van der Waals surface area (Å²) in [5.74, 6) is -0.0820. The van der Waals surface area contributed by atoms with Gasteiger partial charge in [0.1, 0.15) is 11.5 Å². The number of carbonyl (C=O) groups excluding carboxylic acids is 1. The second kappa shape index (κ2) is 4.16. The first-order valence-corrected chi connectivity index (χ1v) is 5.99. The molecule has 0 fully saturated rings. The van der Waals surface area contributed by atoms with Crippen LogP contribution in [0.1, 0.15) is 16.2 Å². The van der Waals surface area contributed by atoms with Gasteiger partial charge in [0, 0.05) is 12.4 Å². The van der Waals surface area contributed by atoms with Crippen LogP contribution in [-0.2, 0) is 11.8 Å². The maximum atomic E-state index is 11.6. The lowest BCUT2D eigenvalue weighted by Gasteiger charge is -2.05. The van der Waals surface area contributed by atoms with Crippen molar-refractivity contribution < 1.29 is 9.53 Å². The molecule has 0 aliphatic heterocycles. The van der Waals surface area contributed by atoms with E-state index in [-0.39, 0.29) is 5.69 Å². The molecule has 0 unspecified atom stereocenters. The number of esters is 1. The Hall–Kier alpha value is -2.70. The van der Waals surface area contributed by atoms with Crippen LogP contribution < -0.4 is 5.73 Å². The van der Waals surface area contributed by atoms with E-state index in [1.807, 2.05) is 14.0 Å². The van der Waals surface area contributed by atoms with Gasteiger partial charge in [-0.25, -0.2) is 14.8 Å². The number of nitrogens with zero attached hydrogens (tertiary/aromatic N) is 4. The van der Waals surface area contributed by atoms with E-state index in [1.165, 1.54) is 13.3 Å². The minimum atomic E-state index is -0.490. The molecule has 3 aromatic heterocycles. The number of fused-ring (bicyclic) bond motifs is 3. The number of ether oxygens (including phenoxy) is 1. The molecule has 102 valence electrons. The first kappa shape index (κ1) is 12.3. The van der Waals surface area contributed by atoms with Gasteiger partial charge in [-0.15, -0.1) is 0 Å². The first-order chi connectivity index (χ1) is 9.52. The molecule has 0 radical (unpaired) electrons. The van der Waals surface area contributed by atoms with E-state index < -0.39 is 5.97 Å². The second-order valence-corrected chi connectivity index (χ2v) is 4.51. The Bertz CT molecular complexity index is 853. The van der Waals surface area contributed by atoms with Crippen LogP contribution in [0.2, 0.25) is 0 Å².